The van der Waals surface area contributed by atoms with Crippen LogP contribution in [-0.4, -0.2) is 29.6 Å². The molecule has 0 radical (unpaired) electrons. The molecule has 1 amide bonds. The van der Waals surface area contributed by atoms with E-state index in [-0.39, 0.29) is 11.9 Å². The number of carboxylic acid groups (broad SMARTS) is 1. The molecule has 2 fully saturated rings. The average molecular weight is 310 g/mol. The summed E-state index contributed by atoms with van der Waals surface area (Å²) >= 11 is 0. The predicted molar refractivity (Wildman–Crippen MR) is 81.3 cm³/mol. The number of carbonyl (C=O) groups is 2. The van der Waals surface area contributed by atoms with Gasteiger partial charge in [-0.25, -0.2) is 0 Å². The molecule has 1 aromatic rings. The van der Waals surface area contributed by atoms with Gasteiger partial charge < -0.3 is 19.5 Å². The number of ether oxygens (including phenoxy) is 1. The van der Waals surface area contributed by atoms with Crippen LogP contribution in [0.5, 0.6) is 0 Å². The van der Waals surface area contributed by atoms with Crippen molar-refractivity contribution in [3.05, 3.63) is 55.1 Å². The zero-order valence-corrected chi connectivity index (χ0v) is 12.4. The van der Waals surface area contributed by atoms with Crippen LogP contribution in [0.2, 0.25) is 0 Å². The number of carboxylic acids is 1. The van der Waals surface area contributed by atoms with Gasteiger partial charge in [0.25, 0.3) is 0 Å². The molecule has 1 spiro atoms. The second-order valence-corrected chi connectivity index (χ2v) is 6.20. The third-order valence-electron chi connectivity index (χ3n) is 5.12. The highest BCUT2D eigenvalue weighted by Gasteiger charge is 2.69. The van der Waals surface area contributed by atoms with Crippen molar-refractivity contribution in [3.63, 3.8) is 0 Å². The van der Waals surface area contributed by atoms with Gasteiger partial charge in [0, 0.05) is 17.6 Å². The van der Waals surface area contributed by atoms with Gasteiger partial charge in [-0.1, -0.05) is 36.4 Å². The Labute approximate surface area is 133 Å². The minimum atomic E-state index is -1.23. The van der Waals surface area contributed by atoms with E-state index in [0.29, 0.717) is 6.42 Å². The number of hydrogen-bond acceptors (Lipinski definition) is 4. The van der Waals surface area contributed by atoms with Crippen molar-refractivity contribution < 1.29 is 19.4 Å². The summed E-state index contributed by atoms with van der Waals surface area (Å²) in [6.07, 6.45) is 5.28. The van der Waals surface area contributed by atoms with Gasteiger partial charge in [0.15, 0.2) is 0 Å². The molecule has 3 aliphatic rings. The van der Waals surface area contributed by atoms with E-state index < -0.39 is 29.5 Å². The number of rotatable bonds is 4. The Bertz CT molecular complexity index is 713. The second-order valence-electron chi connectivity index (χ2n) is 6.20. The largest absolute Gasteiger partial charge is 0.550 e. The highest BCUT2D eigenvalue weighted by Crippen LogP contribution is 2.56. The van der Waals surface area contributed by atoms with Crippen LogP contribution in [0, 0.1) is 11.8 Å². The highest BCUT2D eigenvalue weighted by atomic mass is 16.5. The first kappa shape index (κ1) is 14.2. The van der Waals surface area contributed by atoms with E-state index in [2.05, 4.69) is 6.58 Å². The van der Waals surface area contributed by atoms with E-state index in [0.717, 1.165) is 5.69 Å². The maximum atomic E-state index is 13.1. The van der Waals surface area contributed by atoms with E-state index in [4.69, 9.17) is 4.74 Å². The lowest BCUT2D eigenvalue weighted by Crippen LogP contribution is -2.46. The lowest BCUT2D eigenvalue weighted by atomic mass is 9.74. The molecule has 5 nitrogen and oxygen atoms in total. The second kappa shape index (κ2) is 4.80. The molecule has 3 heterocycles. The van der Waals surface area contributed by atoms with Gasteiger partial charge in [-0.2, -0.15) is 0 Å². The van der Waals surface area contributed by atoms with Crippen LogP contribution in [0.25, 0.3) is 0 Å². The van der Waals surface area contributed by atoms with Crippen LogP contribution in [0.4, 0.5) is 5.69 Å². The third-order valence-corrected chi connectivity index (χ3v) is 5.12. The minimum Gasteiger partial charge on any atom is -0.550 e. The standard InChI is InChI=1S/C18H17NO4/c1-2-6-13-18-10-9-12(23-18)14(17(21)22)15(18)16(20)19(13)11-7-4-3-5-8-11/h2-5,7-10,12-15H,1,6H2,(H,21,22)/p-1/t12-,13+,14-,15+,18+/m0/s1. The van der Waals surface area contributed by atoms with Crippen LogP contribution < -0.4 is 10.0 Å². The lowest BCUT2D eigenvalue weighted by molar-refractivity contribution is -0.313. The van der Waals surface area contributed by atoms with E-state index in [1.165, 1.54) is 0 Å². The van der Waals surface area contributed by atoms with Crippen molar-refractivity contribution in [2.75, 3.05) is 4.90 Å². The number of aliphatic carboxylic acids is 1. The number of para-hydroxylation sites is 1. The quantitative estimate of drug-likeness (QED) is 0.766. The summed E-state index contributed by atoms with van der Waals surface area (Å²) in [5, 5.41) is 11.6. The number of fused-ring (bicyclic) bond motifs is 1. The molecule has 118 valence electrons. The van der Waals surface area contributed by atoms with Crippen molar-refractivity contribution >= 4 is 17.6 Å². The van der Waals surface area contributed by atoms with Gasteiger partial charge in [0.05, 0.1) is 18.1 Å². The maximum Gasteiger partial charge on any atom is 0.234 e. The Balaban J connectivity index is 1.85. The molecule has 0 saturated carbocycles. The van der Waals surface area contributed by atoms with Gasteiger partial charge in [0.1, 0.15) is 5.60 Å². The summed E-state index contributed by atoms with van der Waals surface area (Å²) < 4.78 is 6.00. The van der Waals surface area contributed by atoms with Crippen molar-refractivity contribution in [2.45, 2.75) is 24.2 Å². The van der Waals surface area contributed by atoms with Crippen LogP contribution in [0.3, 0.4) is 0 Å². The van der Waals surface area contributed by atoms with Crippen molar-refractivity contribution in [2.24, 2.45) is 11.8 Å². The van der Waals surface area contributed by atoms with Crippen LogP contribution in [-0.2, 0) is 14.3 Å². The summed E-state index contributed by atoms with van der Waals surface area (Å²) in [6, 6.07) is 8.96. The molecular weight excluding hydrogens is 294 g/mol. The summed E-state index contributed by atoms with van der Waals surface area (Å²) in [5.41, 5.74) is -0.165. The number of anilines is 1. The molecule has 0 unspecified atom stereocenters. The van der Waals surface area contributed by atoms with Crippen molar-refractivity contribution in [1.82, 2.24) is 0 Å². The summed E-state index contributed by atoms with van der Waals surface area (Å²) in [6.45, 7) is 3.78. The van der Waals surface area contributed by atoms with E-state index >= 15 is 0 Å². The molecule has 3 aliphatic heterocycles. The molecule has 5 atom stereocenters. The third kappa shape index (κ3) is 1.71. The van der Waals surface area contributed by atoms with Crippen LogP contribution >= 0.6 is 0 Å². The minimum absolute atomic E-state index is 0.218. The first-order chi connectivity index (χ1) is 11.1. The van der Waals surface area contributed by atoms with Crippen LogP contribution in [0.15, 0.2) is 55.1 Å². The van der Waals surface area contributed by atoms with E-state index in [9.17, 15) is 14.7 Å². The van der Waals surface area contributed by atoms with Gasteiger partial charge in [-0.15, -0.1) is 6.58 Å². The molecule has 5 heteroatoms. The molecule has 2 saturated heterocycles. The first-order valence-electron chi connectivity index (χ1n) is 7.67. The average Bonchev–Trinajstić information content (AvgIpc) is 3.18. The Kier molecular flexibility index (Phi) is 2.96. The Morgan fingerprint density at radius 1 is 1.39 bits per heavy atom. The van der Waals surface area contributed by atoms with Gasteiger partial charge in [0.2, 0.25) is 5.91 Å². The fourth-order valence-electron chi connectivity index (χ4n) is 4.26. The Morgan fingerprint density at radius 2 is 2.13 bits per heavy atom. The number of benzene rings is 1. The molecule has 0 aromatic heterocycles. The molecule has 23 heavy (non-hydrogen) atoms. The Hall–Kier alpha value is -2.40. The first-order valence-corrected chi connectivity index (χ1v) is 7.67. The fraction of sp³-hybridized carbons (Fsp3) is 0.333. The number of hydrogen-bond donors (Lipinski definition) is 0. The van der Waals surface area contributed by atoms with Gasteiger partial charge in [-0.05, 0) is 18.6 Å². The highest BCUT2D eigenvalue weighted by molar-refractivity contribution is 6.03. The molecule has 2 bridgehead atoms. The molecule has 0 N–H and O–H groups in total. The summed E-state index contributed by atoms with van der Waals surface area (Å²) in [7, 11) is 0. The normalized spacial score (nSPS) is 37.2. The molecule has 0 aliphatic carbocycles. The maximum absolute atomic E-state index is 13.1. The zero-order chi connectivity index (χ0) is 16.2. The van der Waals surface area contributed by atoms with Gasteiger partial charge in [-0.3, -0.25) is 4.79 Å². The SMILES string of the molecule is C=CC[C@H]1N(c2ccccc2)C(=O)[C@H]2[C@@H](C(=O)[O-])[C@@H]3C=C[C@]21O3. The summed E-state index contributed by atoms with van der Waals surface area (Å²) in [4.78, 5) is 26.3. The van der Waals surface area contributed by atoms with Crippen molar-refractivity contribution in [3.8, 4) is 0 Å². The van der Waals surface area contributed by atoms with E-state index in [1.807, 2.05) is 36.4 Å². The molecule has 1 aromatic carbocycles. The number of nitrogens with zero attached hydrogens (tertiary/aromatic N) is 1. The van der Waals surface area contributed by atoms with E-state index in [1.54, 1.807) is 17.1 Å². The topological polar surface area (TPSA) is 69.7 Å². The lowest BCUT2D eigenvalue weighted by Gasteiger charge is -2.32. The molecular formula is C18H16NO4-. The van der Waals surface area contributed by atoms with Crippen molar-refractivity contribution in [1.29, 1.82) is 0 Å². The number of carbonyl (C=O) groups excluding carboxylic acids is 2. The fourth-order valence-corrected chi connectivity index (χ4v) is 4.26. The monoisotopic (exact) mass is 310 g/mol. The van der Waals surface area contributed by atoms with Gasteiger partial charge >= 0.3 is 0 Å². The zero-order valence-electron chi connectivity index (χ0n) is 12.4. The smallest absolute Gasteiger partial charge is 0.234 e. The predicted octanol–water partition coefficient (Wildman–Crippen LogP) is 0.668. The van der Waals surface area contributed by atoms with Crippen LogP contribution in [0.1, 0.15) is 6.42 Å². The molecule has 4 rings (SSSR count). The summed E-state index contributed by atoms with van der Waals surface area (Å²) in [5.74, 6) is -3.13. The Morgan fingerprint density at radius 3 is 2.78 bits per heavy atom. The number of amides is 1.